The van der Waals surface area contributed by atoms with Crippen LogP contribution in [0.1, 0.15) is 29.8 Å². The summed E-state index contributed by atoms with van der Waals surface area (Å²) in [5.74, 6) is -0.864. The molecule has 0 aromatic heterocycles. The number of halogens is 1. The molecule has 0 saturated carbocycles. The van der Waals surface area contributed by atoms with E-state index in [1.165, 1.54) is 25.1 Å². The maximum Gasteiger partial charge on any atom is 0.261 e. The molecule has 0 fully saturated rings. The summed E-state index contributed by atoms with van der Waals surface area (Å²) in [7, 11) is -3.96. The molecular formula is C19H24FN3O3S. The van der Waals surface area contributed by atoms with E-state index in [9.17, 15) is 17.6 Å². The van der Waals surface area contributed by atoms with Crippen LogP contribution in [0, 0.1) is 12.7 Å². The average Bonchev–Trinajstić information content (AvgIpc) is 2.62. The number of carbonyl (C=O) groups excluding carboxylic acids is 1. The number of sulfonamides is 1. The predicted octanol–water partition coefficient (Wildman–Crippen LogP) is 2.66. The Morgan fingerprint density at radius 1 is 1.19 bits per heavy atom. The topological polar surface area (TPSA) is 87.3 Å². The molecule has 2 aromatic rings. The molecule has 1 atom stereocenters. The molecule has 0 aliphatic heterocycles. The Balaban J connectivity index is 2.21. The van der Waals surface area contributed by atoms with E-state index >= 15 is 0 Å². The largest absolute Gasteiger partial charge is 0.350 e. The molecule has 1 amide bonds. The predicted molar refractivity (Wildman–Crippen MR) is 104 cm³/mol. The molecule has 27 heavy (non-hydrogen) atoms. The van der Waals surface area contributed by atoms with Crippen molar-refractivity contribution in [3.05, 3.63) is 59.4 Å². The summed E-state index contributed by atoms with van der Waals surface area (Å²) in [6.45, 7) is 6.59. The first-order valence-electron chi connectivity index (χ1n) is 8.64. The first kappa shape index (κ1) is 20.9. The highest BCUT2D eigenvalue weighted by atomic mass is 32.2. The summed E-state index contributed by atoms with van der Waals surface area (Å²) in [6.07, 6.45) is 0. The number of nitrogens with one attached hydrogen (secondary N) is 3. The molecule has 0 saturated heterocycles. The van der Waals surface area contributed by atoms with Crippen LogP contribution in [0.25, 0.3) is 0 Å². The fraction of sp³-hybridized carbons (Fsp3) is 0.316. The molecule has 0 radical (unpaired) electrons. The zero-order valence-corrected chi connectivity index (χ0v) is 16.4. The minimum Gasteiger partial charge on any atom is -0.350 e. The minimum atomic E-state index is -3.96. The van der Waals surface area contributed by atoms with Gasteiger partial charge in [-0.05, 0) is 56.3 Å². The van der Waals surface area contributed by atoms with Crippen molar-refractivity contribution in [2.75, 3.05) is 17.8 Å². The van der Waals surface area contributed by atoms with Gasteiger partial charge >= 0.3 is 0 Å². The first-order chi connectivity index (χ1) is 12.7. The summed E-state index contributed by atoms with van der Waals surface area (Å²) < 4.78 is 41.1. The maximum atomic E-state index is 13.4. The van der Waals surface area contributed by atoms with Gasteiger partial charge in [0.15, 0.2) is 0 Å². The van der Waals surface area contributed by atoms with Crippen LogP contribution in [0.5, 0.6) is 0 Å². The van der Waals surface area contributed by atoms with Crippen molar-refractivity contribution >= 4 is 21.6 Å². The van der Waals surface area contributed by atoms with Crippen molar-refractivity contribution in [2.45, 2.75) is 31.7 Å². The second-order valence-electron chi connectivity index (χ2n) is 6.23. The third kappa shape index (κ3) is 5.51. The van der Waals surface area contributed by atoms with Gasteiger partial charge in [-0.2, -0.15) is 0 Å². The lowest BCUT2D eigenvalue weighted by Gasteiger charge is -2.16. The summed E-state index contributed by atoms with van der Waals surface area (Å²) in [5, 5.41) is 5.96. The molecule has 2 aromatic carbocycles. The van der Waals surface area contributed by atoms with Crippen LogP contribution in [-0.2, 0) is 10.0 Å². The number of para-hydroxylation sites is 1. The van der Waals surface area contributed by atoms with Gasteiger partial charge in [-0.3, -0.25) is 9.52 Å². The molecule has 0 unspecified atom stereocenters. The van der Waals surface area contributed by atoms with Gasteiger partial charge in [-0.15, -0.1) is 0 Å². The highest BCUT2D eigenvalue weighted by molar-refractivity contribution is 7.92. The molecule has 0 aliphatic carbocycles. The molecule has 0 aliphatic rings. The molecule has 0 spiro atoms. The van der Waals surface area contributed by atoms with Gasteiger partial charge in [-0.1, -0.05) is 19.1 Å². The van der Waals surface area contributed by atoms with Crippen LogP contribution in [0.2, 0.25) is 0 Å². The number of rotatable bonds is 8. The Kier molecular flexibility index (Phi) is 6.92. The van der Waals surface area contributed by atoms with Crippen LogP contribution in [-0.4, -0.2) is 33.5 Å². The second kappa shape index (κ2) is 8.96. The molecular weight excluding hydrogens is 369 g/mol. The zero-order chi connectivity index (χ0) is 20.0. The fourth-order valence-corrected chi connectivity index (χ4v) is 3.68. The molecule has 6 nitrogen and oxygen atoms in total. The first-order valence-corrected chi connectivity index (χ1v) is 10.1. The van der Waals surface area contributed by atoms with Gasteiger partial charge in [0.05, 0.1) is 16.1 Å². The van der Waals surface area contributed by atoms with Crippen LogP contribution in [0.4, 0.5) is 10.1 Å². The van der Waals surface area contributed by atoms with Crippen molar-refractivity contribution in [1.29, 1.82) is 0 Å². The van der Waals surface area contributed by atoms with Gasteiger partial charge in [0.1, 0.15) is 5.82 Å². The lowest BCUT2D eigenvalue weighted by Crippen LogP contribution is -2.39. The summed E-state index contributed by atoms with van der Waals surface area (Å²) >= 11 is 0. The van der Waals surface area contributed by atoms with Gasteiger partial charge < -0.3 is 10.6 Å². The van der Waals surface area contributed by atoms with Crippen molar-refractivity contribution in [3.8, 4) is 0 Å². The monoisotopic (exact) mass is 393 g/mol. The quantitative estimate of drug-likeness (QED) is 0.643. The van der Waals surface area contributed by atoms with E-state index in [-0.39, 0.29) is 33.7 Å². The third-order valence-electron chi connectivity index (χ3n) is 3.98. The molecule has 0 heterocycles. The number of anilines is 1. The number of amides is 1. The van der Waals surface area contributed by atoms with Crippen LogP contribution in [0.15, 0.2) is 47.4 Å². The fourth-order valence-electron chi connectivity index (χ4n) is 2.52. The lowest BCUT2D eigenvalue weighted by molar-refractivity contribution is 0.0951. The van der Waals surface area contributed by atoms with Gasteiger partial charge in [0.25, 0.3) is 15.9 Å². The highest BCUT2D eigenvalue weighted by Gasteiger charge is 2.19. The van der Waals surface area contributed by atoms with Crippen molar-refractivity contribution in [2.24, 2.45) is 0 Å². The van der Waals surface area contributed by atoms with E-state index in [2.05, 4.69) is 15.4 Å². The zero-order valence-electron chi connectivity index (χ0n) is 15.5. The maximum absolute atomic E-state index is 13.4. The molecule has 3 N–H and O–H groups in total. The summed E-state index contributed by atoms with van der Waals surface area (Å²) in [4.78, 5) is 12.4. The number of likely N-dealkylation sites (N-methyl/N-ethyl adjacent to an activating group) is 1. The third-order valence-corrected chi connectivity index (χ3v) is 5.34. The van der Waals surface area contributed by atoms with E-state index in [4.69, 9.17) is 0 Å². The van der Waals surface area contributed by atoms with E-state index in [0.717, 1.165) is 12.6 Å². The SMILES string of the molecule is CCN[C@H](C)CNC(=O)c1ccccc1NS(=O)(=O)c1ccc(F)c(C)c1. The van der Waals surface area contributed by atoms with Gasteiger partial charge in [0, 0.05) is 12.6 Å². The van der Waals surface area contributed by atoms with E-state index in [0.29, 0.717) is 6.54 Å². The Labute approximate surface area is 159 Å². The molecule has 8 heteroatoms. The normalized spacial score (nSPS) is 12.4. The minimum absolute atomic E-state index is 0.0719. The van der Waals surface area contributed by atoms with Crippen LogP contribution < -0.4 is 15.4 Å². The van der Waals surface area contributed by atoms with Crippen molar-refractivity contribution in [3.63, 3.8) is 0 Å². The van der Waals surface area contributed by atoms with Gasteiger partial charge in [-0.25, -0.2) is 12.8 Å². The van der Waals surface area contributed by atoms with E-state index in [1.807, 2.05) is 13.8 Å². The summed E-state index contributed by atoms with van der Waals surface area (Å²) in [5.41, 5.74) is 0.595. The molecule has 146 valence electrons. The Hall–Kier alpha value is -2.45. The number of hydrogen-bond donors (Lipinski definition) is 3. The number of hydrogen-bond acceptors (Lipinski definition) is 4. The van der Waals surface area contributed by atoms with Crippen LogP contribution >= 0.6 is 0 Å². The van der Waals surface area contributed by atoms with Crippen molar-refractivity contribution < 1.29 is 17.6 Å². The Bertz CT molecular complexity index is 916. The van der Waals surface area contributed by atoms with E-state index < -0.39 is 15.8 Å². The standard InChI is InChI=1S/C19H24FN3O3S/c1-4-21-14(3)12-22-19(24)16-7-5-6-8-18(16)23-27(25,26)15-9-10-17(20)13(2)11-15/h5-11,14,21,23H,4,12H2,1-3H3,(H,22,24)/t14-/m1/s1. The second-order valence-corrected chi connectivity index (χ2v) is 7.91. The van der Waals surface area contributed by atoms with Gasteiger partial charge in [0.2, 0.25) is 0 Å². The lowest BCUT2D eigenvalue weighted by atomic mass is 10.1. The highest BCUT2D eigenvalue weighted by Crippen LogP contribution is 2.21. The Morgan fingerprint density at radius 3 is 2.56 bits per heavy atom. The Morgan fingerprint density at radius 2 is 1.89 bits per heavy atom. The van der Waals surface area contributed by atoms with E-state index in [1.54, 1.807) is 18.2 Å². The number of benzene rings is 2. The van der Waals surface area contributed by atoms with Crippen LogP contribution in [0.3, 0.4) is 0 Å². The number of aryl methyl sites for hydroxylation is 1. The smallest absolute Gasteiger partial charge is 0.261 e. The molecule has 0 bridgehead atoms. The average molecular weight is 393 g/mol. The summed E-state index contributed by atoms with van der Waals surface area (Å²) in [6, 6.07) is 9.96. The van der Waals surface area contributed by atoms with Crippen molar-refractivity contribution in [1.82, 2.24) is 10.6 Å². The number of carbonyl (C=O) groups is 1. The molecule has 2 rings (SSSR count).